The maximum absolute atomic E-state index is 12.7. The molecule has 4 nitrogen and oxygen atoms in total. The molecule has 1 amide bonds. The van der Waals surface area contributed by atoms with Crippen LogP contribution in [-0.2, 0) is 17.6 Å². The lowest BCUT2D eigenvalue weighted by Crippen LogP contribution is -2.41. The molecule has 0 saturated carbocycles. The maximum Gasteiger partial charge on any atom is 0.240 e. The Morgan fingerprint density at radius 3 is 2.92 bits per heavy atom. The van der Waals surface area contributed by atoms with E-state index in [1.54, 1.807) is 0 Å². The monoisotopic (exact) mass is 335 g/mol. The summed E-state index contributed by atoms with van der Waals surface area (Å²) in [5, 5.41) is 3.26. The van der Waals surface area contributed by atoms with Gasteiger partial charge in [0.25, 0.3) is 0 Å². The molecule has 2 aromatic carbocycles. The molecule has 0 spiro atoms. The van der Waals surface area contributed by atoms with Crippen molar-refractivity contribution < 1.29 is 4.79 Å². The molecule has 1 unspecified atom stereocenters. The van der Waals surface area contributed by atoms with Crippen molar-refractivity contribution in [3.63, 3.8) is 0 Å². The average Bonchev–Trinajstić information content (AvgIpc) is 2.63. The molecule has 2 aliphatic rings. The number of nitrogen functional groups attached to an aromatic ring is 1. The Bertz CT molecular complexity index is 786. The van der Waals surface area contributed by atoms with Crippen molar-refractivity contribution in [1.82, 2.24) is 5.32 Å². The molecule has 130 valence electrons. The van der Waals surface area contributed by atoms with Gasteiger partial charge < -0.3 is 16.0 Å². The Morgan fingerprint density at radius 2 is 2.00 bits per heavy atom. The number of hydrogen-bond acceptors (Lipinski definition) is 3. The van der Waals surface area contributed by atoms with E-state index in [9.17, 15) is 4.79 Å². The van der Waals surface area contributed by atoms with Gasteiger partial charge in [0.1, 0.15) is 0 Å². The first-order chi connectivity index (χ1) is 12.2. The summed E-state index contributed by atoms with van der Waals surface area (Å²) in [6.45, 7) is 1.31. The van der Waals surface area contributed by atoms with E-state index in [0.29, 0.717) is 6.54 Å². The Hall–Kier alpha value is -2.49. The molecule has 4 heteroatoms. The van der Waals surface area contributed by atoms with E-state index in [4.69, 9.17) is 5.73 Å². The molecule has 3 N–H and O–H groups in total. The predicted molar refractivity (Wildman–Crippen MR) is 102 cm³/mol. The first-order valence-electron chi connectivity index (χ1n) is 9.22. The minimum atomic E-state index is 0.0944. The number of anilines is 2. The van der Waals surface area contributed by atoms with Crippen LogP contribution in [0.2, 0.25) is 0 Å². The third-order valence-electron chi connectivity index (χ3n) is 5.42. The number of hydrogen-bond donors (Lipinski definition) is 2. The summed E-state index contributed by atoms with van der Waals surface area (Å²) in [4.78, 5) is 14.9. The number of rotatable bonds is 3. The van der Waals surface area contributed by atoms with Gasteiger partial charge in [0.05, 0.1) is 12.6 Å². The summed E-state index contributed by atoms with van der Waals surface area (Å²) in [6, 6.07) is 14.6. The van der Waals surface area contributed by atoms with Gasteiger partial charge in [0, 0.05) is 17.9 Å². The van der Waals surface area contributed by atoms with Crippen LogP contribution >= 0.6 is 0 Å². The average molecular weight is 335 g/mol. The minimum absolute atomic E-state index is 0.0944. The van der Waals surface area contributed by atoms with Crippen LogP contribution in [0.3, 0.4) is 0 Å². The van der Waals surface area contributed by atoms with Crippen LogP contribution in [0.25, 0.3) is 0 Å². The van der Waals surface area contributed by atoms with Crippen LogP contribution in [0.5, 0.6) is 0 Å². The molecule has 1 aliphatic heterocycles. The zero-order valence-electron chi connectivity index (χ0n) is 14.5. The summed E-state index contributed by atoms with van der Waals surface area (Å²) in [5.74, 6) is 0.0944. The van der Waals surface area contributed by atoms with Gasteiger partial charge in [0.15, 0.2) is 0 Å². The lowest BCUT2D eigenvalue weighted by molar-refractivity contribution is -0.120. The maximum atomic E-state index is 12.7. The highest BCUT2D eigenvalue weighted by molar-refractivity contribution is 5.83. The van der Waals surface area contributed by atoms with Crippen molar-refractivity contribution in [3.05, 3.63) is 59.2 Å². The smallest absolute Gasteiger partial charge is 0.240 e. The Balaban J connectivity index is 1.47. The zero-order valence-corrected chi connectivity index (χ0v) is 14.5. The lowest BCUT2D eigenvalue weighted by Gasteiger charge is -2.32. The molecule has 4 rings (SSSR count). The number of nitrogens with one attached hydrogen (secondary N) is 1. The van der Waals surface area contributed by atoms with Crippen molar-refractivity contribution in [2.45, 2.75) is 38.1 Å². The quantitative estimate of drug-likeness (QED) is 0.847. The molecular formula is C21H25N3O. The fraction of sp³-hybridized carbons (Fsp3) is 0.381. The molecule has 25 heavy (non-hydrogen) atoms. The number of carbonyl (C=O) groups is 1. The number of nitrogens with zero attached hydrogens (tertiary/aromatic N) is 1. The standard InChI is InChI=1S/C21H25N3O/c22-18-10-4-12-20-17(18)9-5-13-24(20)14-21(25)23-19-11-3-7-15-6-1-2-8-16(15)19/h1-2,4,6,8,10,12,19H,3,5,7,9,11,13-14,22H2,(H,23,25). The fourth-order valence-corrected chi connectivity index (χ4v) is 4.21. The fourth-order valence-electron chi connectivity index (χ4n) is 4.21. The molecule has 0 radical (unpaired) electrons. The number of aryl methyl sites for hydroxylation is 1. The van der Waals surface area contributed by atoms with Crippen LogP contribution in [-0.4, -0.2) is 19.0 Å². The molecule has 2 aromatic rings. The number of benzene rings is 2. The number of nitrogens with two attached hydrogens (primary N) is 1. The first kappa shape index (κ1) is 16.0. The van der Waals surface area contributed by atoms with Gasteiger partial charge >= 0.3 is 0 Å². The Labute approximate surface area is 149 Å². The van der Waals surface area contributed by atoms with Gasteiger partial charge in [-0.15, -0.1) is 0 Å². The van der Waals surface area contributed by atoms with Gasteiger partial charge in [-0.3, -0.25) is 4.79 Å². The highest BCUT2D eigenvalue weighted by Gasteiger charge is 2.24. The van der Waals surface area contributed by atoms with Gasteiger partial charge in [-0.2, -0.15) is 0 Å². The van der Waals surface area contributed by atoms with Crippen LogP contribution in [0.4, 0.5) is 11.4 Å². The van der Waals surface area contributed by atoms with Crippen molar-refractivity contribution in [2.24, 2.45) is 0 Å². The lowest BCUT2D eigenvalue weighted by atomic mass is 9.88. The van der Waals surface area contributed by atoms with Crippen LogP contribution in [0.15, 0.2) is 42.5 Å². The topological polar surface area (TPSA) is 58.4 Å². The van der Waals surface area contributed by atoms with E-state index in [1.807, 2.05) is 12.1 Å². The van der Waals surface area contributed by atoms with E-state index >= 15 is 0 Å². The van der Waals surface area contributed by atoms with Crippen LogP contribution in [0.1, 0.15) is 42.0 Å². The molecule has 0 bridgehead atoms. The molecule has 1 heterocycles. The number of carbonyl (C=O) groups excluding carboxylic acids is 1. The Kier molecular flexibility index (Phi) is 4.35. The van der Waals surface area contributed by atoms with Crippen LogP contribution in [0, 0.1) is 0 Å². The summed E-state index contributed by atoms with van der Waals surface area (Å²) >= 11 is 0. The van der Waals surface area contributed by atoms with Gasteiger partial charge in [-0.05, 0) is 60.9 Å². The van der Waals surface area contributed by atoms with Crippen molar-refractivity contribution in [2.75, 3.05) is 23.7 Å². The van der Waals surface area contributed by atoms with Crippen LogP contribution < -0.4 is 16.0 Å². The summed E-state index contributed by atoms with van der Waals surface area (Å²) in [6.07, 6.45) is 5.30. The second-order valence-electron chi connectivity index (χ2n) is 7.08. The number of amides is 1. The van der Waals surface area contributed by atoms with E-state index in [1.165, 1.54) is 16.7 Å². The number of fused-ring (bicyclic) bond motifs is 2. The van der Waals surface area contributed by atoms with E-state index in [0.717, 1.165) is 50.0 Å². The molecule has 0 saturated heterocycles. The summed E-state index contributed by atoms with van der Waals surface area (Å²) < 4.78 is 0. The van der Waals surface area contributed by atoms with Gasteiger partial charge in [0.2, 0.25) is 5.91 Å². The largest absolute Gasteiger partial charge is 0.398 e. The third-order valence-corrected chi connectivity index (χ3v) is 5.42. The molecular weight excluding hydrogens is 310 g/mol. The molecule has 1 atom stereocenters. The highest BCUT2D eigenvalue weighted by atomic mass is 16.2. The van der Waals surface area contributed by atoms with Gasteiger partial charge in [-0.1, -0.05) is 30.3 Å². The molecule has 1 aliphatic carbocycles. The van der Waals surface area contributed by atoms with Gasteiger partial charge in [-0.25, -0.2) is 0 Å². The third kappa shape index (κ3) is 3.21. The normalized spacial score (nSPS) is 19.0. The Morgan fingerprint density at radius 1 is 1.12 bits per heavy atom. The summed E-state index contributed by atoms with van der Waals surface area (Å²) in [5.41, 5.74) is 11.9. The second kappa shape index (κ2) is 6.79. The molecule has 0 fully saturated rings. The minimum Gasteiger partial charge on any atom is -0.398 e. The van der Waals surface area contributed by atoms with E-state index < -0.39 is 0 Å². The first-order valence-corrected chi connectivity index (χ1v) is 9.22. The molecule has 0 aromatic heterocycles. The van der Waals surface area contributed by atoms with E-state index in [-0.39, 0.29) is 11.9 Å². The highest BCUT2D eigenvalue weighted by Crippen LogP contribution is 2.32. The van der Waals surface area contributed by atoms with Crippen molar-refractivity contribution in [1.29, 1.82) is 0 Å². The predicted octanol–water partition coefficient (Wildman–Crippen LogP) is 3.22. The second-order valence-corrected chi connectivity index (χ2v) is 7.08. The van der Waals surface area contributed by atoms with Crippen molar-refractivity contribution in [3.8, 4) is 0 Å². The SMILES string of the molecule is Nc1cccc2c1CCCN2CC(=O)NC1CCCc2ccccc21. The zero-order chi connectivity index (χ0) is 17.2. The van der Waals surface area contributed by atoms with Crippen molar-refractivity contribution >= 4 is 17.3 Å². The summed E-state index contributed by atoms with van der Waals surface area (Å²) in [7, 11) is 0. The van der Waals surface area contributed by atoms with E-state index in [2.05, 4.69) is 40.5 Å².